The smallest absolute Gasteiger partial charge is 0.358 e. The van der Waals surface area contributed by atoms with E-state index in [0.29, 0.717) is 5.41 Å². The third kappa shape index (κ3) is 1.71. The van der Waals surface area contributed by atoms with Gasteiger partial charge >= 0.3 is 5.97 Å². The van der Waals surface area contributed by atoms with E-state index in [2.05, 4.69) is 17.2 Å². The summed E-state index contributed by atoms with van der Waals surface area (Å²) in [5.41, 5.74) is 0.389. The fourth-order valence-corrected chi connectivity index (χ4v) is 5.53. The van der Waals surface area contributed by atoms with Gasteiger partial charge in [0.05, 0.1) is 12.2 Å². The van der Waals surface area contributed by atoms with Crippen LogP contribution in [0.3, 0.4) is 0 Å². The zero-order chi connectivity index (χ0) is 13.9. The normalized spacial score (nSPS) is 40.0. The summed E-state index contributed by atoms with van der Waals surface area (Å²) in [6.45, 7) is 2.20. The minimum atomic E-state index is -0.992. The third-order valence-electron chi connectivity index (χ3n) is 6.10. The average Bonchev–Trinajstić information content (AvgIpc) is 2.85. The monoisotopic (exact) mass is 275 g/mol. The lowest BCUT2D eigenvalue weighted by atomic mass is 9.48. The molecule has 1 atom stereocenters. The van der Waals surface area contributed by atoms with Gasteiger partial charge in [0.1, 0.15) is 0 Å². The molecule has 4 fully saturated rings. The van der Waals surface area contributed by atoms with E-state index in [-0.39, 0.29) is 11.7 Å². The zero-order valence-electron chi connectivity index (χ0n) is 11.8. The first kappa shape index (κ1) is 12.4. The van der Waals surface area contributed by atoms with Gasteiger partial charge in [-0.15, -0.1) is 5.10 Å². The van der Waals surface area contributed by atoms with Crippen LogP contribution in [-0.4, -0.2) is 26.1 Å². The number of carboxylic acids is 1. The number of carbonyl (C=O) groups is 1. The van der Waals surface area contributed by atoms with E-state index in [0.717, 1.165) is 17.8 Å². The molecule has 20 heavy (non-hydrogen) atoms. The van der Waals surface area contributed by atoms with Gasteiger partial charge in [-0.25, -0.2) is 9.48 Å². The Labute approximate surface area is 118 Å². The minimum absolute atomic E-state index is 0.0570. The van der Waals surface area contributed by atoms with Gasteiger partial charge in [-0.2, -0.15) is 0 Å². The number of aromatic carboxylic acids is 1. The molecule has 0 amide bonds. The molecule has 5 nitrogen and oxygen atoms in total. The number of rotatable bonds is 3. The molecule has 4 aliphatic rings. The maximum atomic E-state index is 11.0. The predicted molar refractivity (Wildman–Crippen MR) is 72.3 cm³/mol. The van der Waals surface area contributed by atoms with E-state index < -0.39 is 5.97 Å². The van der Waals surface area contributed by atoms with Gasteiger partial charge in [-0.1, -0.05) is 5.21 Å². The Kier molecular flexibility index (Phi) is 2.51. The summed E-state index contributed by atoms with van der Waals surface area (Å²) in [6, 6.07) is 0.261. The van der Waals surface area contributed by atoms with Crippen molar-refractivity contribution in [2.24, 2.45) is 23.2 Å². The molecule has 1 N–H and O–H groups in total. The predicted octanol–water partition coefficient (Wildman–Crippen LogP) is 2.75. The number of aromatic nitrogens is 3. The molecule has 5 rings (SSSR count). The van der Waals surface area contributed by atoms with Crippen molar-refractivity contribution in [3.63, 3.8) is 0 Å². The molecule has 5 heteroatoms. The maximum Gasteiger partial charge on any atom is 0.358 e. The van der Waals surface area contributed by atoms with Crippen molar-refractivity contribution >= 4 is 5.97 Å². The lowest BCUT2D eigenvalue weighted by Crippen LogP contribution is -2.49. The van der Waals surface area contributed by atoms with Gasteiger partial charge in [0.2, 0.25) is 0 Å². The lowest BCUT2D eigenvalue weighted by molar-refractivity contribution is -0.0813. The summed E-state index contributed by atoms with van der Waals surface area (Å²) < 4.78 is 1.80. The van der Waals surface area contributed by atoms with Crippen molar-refractivity contribution in [2.75, 3.05) is 0 Å². The molecule has 0 saturated heterocycles. The highest BCUT2D eigenvalue weighted by Gasteiger charge is 2.53. The summed E-state index contributed by atoms with van der Waals surface area (Å²) in [7, 11) is 0. The van der Waals surface area contributed by atoms with E-state index in [1.807, 2.05) is 0 Å². The Morgan fingerprint density at radius 3 is 2.30 bits per heavy atom. The van der Waals surface area contributed by atoms with Crippen LogP contribution in [0.25, 0.3) is 0 Å². The van der Waals surface area contributed by atoms with E-state index in [9.17, 15) is 4.79 Å². The van der Waals surface area contributed by atoms with Crippen molar-refractivity contribution in [3.05, 3.63) is 11.9 Å². The van der Waals surface area contributed by atoms with Crippen LogP contribution in [0.15, 0.2) is 6.20 Å². The topological polar surface area (TPSA) is 68.0 Å². The van der Waals surface area contributed by atoms with Crippen LogP contribution >= 0.6 is 0 Å². The Morgan fingerprint density at radius 2 is 1.85 bits per heavy atom. The van der Waals surface area contributed by atoms with Crippen molar-refractivity contribution in [1.82, 2.24) is 15.0 Å². The highest BCUT2D eigenvalue weighted by atomic mass is 16.4. The van der Waals surface area contributed by atoms with Gasteiger partial charge in [-0.05, 0) is 68.6 Å². The molecule has 0 spiro atoms. The molecule has 4 aliphatic carbocycles. The Morgan fingerprint density at radius 1 is 1.30 bits per heavy atom. The molecule has 1 unspecified atom stereocenters. The number of nitrogens with zero attached hydrogens (tertiary/aromatic N) is 3. The van der Waals surface area contributed by atoms with Gasteiger partial charge in [-0.3, -0.25) is 0 Å². The van der Waals surface area contributed by atoms with E-state index in [4.69, 9.17) is 5.11 Å². The second-order valence-corrected chi connectivity index (χ2v) is 7.34. The minimum Gasteiger partial charge on any atom is -0.476 e. The van der Waals surface area contributed by atoms with Crippen molar-refractivity contribution in [3.8, 4) is 0 Å². The van der Waals surface area contributed by atoms with Crippen LogP contribution in [-0.2, 0) is 0 Å². The SMILES string of the molecule is CC(n1cc(C(=O)O)nn1)C12CC3CC(CC(C3)C1)C2. The third-order valence-corrected chi connectivity index (χ3v) is 6.10. The molecule has 1 aromatic rings. The summed E-state index contributed by atoms with van der Waals surface area (Å²) in [5, 5.41) is 16.9. The fraction of sp³-hybridized carbons (Fsp3) is 0.800. The summed E-state index contributed by atoms with van der Waals surface area (Å²) in [5.74, 6) is 1.69. The van der Waals surface area contributed by atoms with Gasteiger partial charge in [0.15, 0.2) is 5.69 Å². The maximum absolute atomic E-state index is 11.0. The first-order chi connectivity index (χ1) is 9.56. The Bertz CT molecular complexity index is 516. The average molecular weight is 275 g/mol. The fourth-order valence-electron chi connectivity index (χ4n) is 5.53. The van der Waals surface area contributed by atoms with Crippen LogP contribution in [0.1, 0.15) is 62.0 Å². The lowest BCUT2D eigenvalue weighted by Gasteiger charge is -2.58. The first-order valence-electron chi connectivity index (χ1n) is 7.71. The second kappa shape index (κ2) is 4.06. The molecule has 0 aliphatic heterocycles. The van der Waals surface area contributed by atoms with Crippen molar-refractivity contribution < 1.29 is 9.90 Å². The van der Waals surface area contributed by atoms with Crippen molar-refractivity contribution in [1.29, 1.82) is 0 Å². The van der Waals surface area contributed by atoms with E-state index in [1.54, 1.807) is 10.9 Å². The first-order valence-corrected chi connectivity index (χ1v) is 7.71. The van der Waals surface area contributed by atoms with Crippen LogP contribution in [0.2, 0.25) is 0 Å². The molecular formula is C15H21N3O2. The molecule has 108 valence electrons. The summed E-state index contributed by atoms with van der Waals surface area (Å²) in [6.07, 6.45) is 9.75. The zero-order valence-corrected chi connectivity index (χ0v) is 11.8. The summed E-state index contributed by atoms with van der Waals surface area (Å²) >= 11 is 0. The molecule has 0 aromatic carbocycles. The van der Waals surface area contributed by atoms with Crippen molar-refractivity contribution in [2.45, 2.75) is 51.5 Å². The largest absolute Gasteiger partial charge is 0.476 e. The van der Waals surface area contributed by atoms with Gasteiger partial charge in [0.25, 0.3) is 0 Å². The van der Waals surface area contributed by atoms with E-state index in [1.165, 1.54) is 38.5 Å². The van der Waals surface area contributed by atoms with Gasteiger partial charge in [0, 0.05) is 0 Å². The van der Waals surface area contributed by atoms with Crippen LogP contribution in [0.5, 0.6) is 0 Å². The standard InChI is InChI=1S/C15H21N3O2/c1-9(18-8-13(14(19)20)16-17-18)15-5-10-2-11(6-15)4-12(3-10)7-15/h8-12H,2-7H2,1H3,(H,19,20). The van der Waals surface area contributed by atoms with E-state index >= 15 is 0 Å². The highest BCUT2D eigenvalue weighted by molar-refractivity contribution is 5.84. The van der Waals surface area contributed by atoms with Crippen LogP contribution in [0.4, 0.5) is 0 Å². The molecular weight excluding hydrogens is 254 g/mol. The van der Waals surface area contributed by atoms with Crippen LogP contribution in [0, 0.1) is 23.2 Å². The number of hydrogen-bond acceptors (Lipinski definition) is 3. The number of hydrogen-bond donors (Lipinski definition) is 1. The molecule has 0 radical (unpaired) electrons. The Hall–Kier alpha value is -1.39. The molecule has 4 bridgehead atoms. The molecule has 4 saturated carbocycles. The van der Waals surface area contributed by atoms with Gasteiger partial charge < -0.3 is 5.11 Å². The molecule has 1 aromatic heterocycles. The highest BCUT2D eigenvalue weighted by Crippen LogP contribution is 2.63. The second-order valence-electron chi connectivity index (χ2n) is 7.34. The number of carboxylic acid groups (broad SMARTS) is 1. The molecule has 1 heterocycles. The summed E-state index contributed by atoms with van der Waals surface area (Å²) in [4.78, 5) is 11.0. The quantitative estimate of drug-likeness (QED) is 0.921. The Balaban J connectivity index is 1.64. The van der Waals surface area contributed by atoms with Crippen LogP contribution < -0.4 is 0 Å².